The smallest absolute Gasteiger partial charge is 0.150 e. The first-order valence-electron chi connectivity index (χ1n) is 12.0. The van der Waals surface area contributed by atoms with E-state index in [-0.39, 0.29) is 11.6 Å². The molecule has 3 aromatic carbocycles. The van der Waals surface area contributed by atoms with Crippen LogP contribution in [0.15, 0.2) is 60.7 Å². The van der Waals surface area contributed by atoms with Gasteiger partial charge in [-0.3, -0.25) is 4.90 Å². The van der Waals surface area contributed by atoms with Gasteiger partial charge in [-0.2, -0.15) is 0 Å². The summed E-state index contributed by atoms with van der Waals surface area (Å²) in [6.07, 6.45) is 0.747. The predicted molar refractivity (Wildman–Crippen MR) is 138 cm³/mol. The molecule has 1 atom stereocenters. The molecule has 0 aliphatic carbocycles. The van der Waals surface area contributed by atoms with Crippen molar-refractivity contribution in [3.8, 4) is 17.2 Å². The maximum absolute atomic E-state index is 14.2. The summed E-state index contributed by atoms with van der Waals surface area (Å²) >= 11 is 6.52. The van der Waals surface area contributed by atoms with Crippen LogP contribution in [0.1, 0.15) is 43.1 Å². The number of hydrogen-bond donors (Lipinski definition) is 1. The molecule has 182 valence electrons. The summed E-state index contributed by atoms with van der Waals surface area (Å²) in [4.78, 5) is 2.41. The number of aromatic hydroxyl groups is 1. The molecule has 6 heteroatoms. The Bertz CT molecular complexity index is 1250. The summed E-state index contributed by atoms with van der Waals surface area (Å²) in [5, 5.41) is 10.5. The highest BCUT2D eigenvalue weighted by atomic mass is 35.5. The van der Waals surface area contributed by atoms with E-state index < -0.39 is 6.10 Å². The van der Waals surface area contributed by atoms with Gasteiger partial charge in [-0.15, -0.1) is 0 Å². The van der Waals surface area contributed by atoms with Crippen LogP contribution in [0, 0.1) is 11.7 Å². The van der Waals surface area contributed by atoms with E-state index in [9.17, 15) is 9.50 Å². The monoisotopic (exact) mass is 493 g/mol. The Labute approximate surface area is 210 Å². The summed E-state index contributed by atoms with van der Waals surface area (Å²) in [7, 11) is 0. The lowest BCUT2D eigenvalue weighted by atomic mass is 9.86. The van der Waals surface area contributed by atoms with Gasteiger partial charge in [0, 0.05) is 41.4 Å². The van der Waals surface area contributed by atoms with E-state index in [0.717, 1.165) is 53.6 Å². The number of benzene rings is 3. The first kappa shape index (κ1) is 23.7. The lowest BCUT2D eigenvalue weighted by Gasteiger charge is -2.38. The van der Waals surface area contributed by atoms with Crippen LogP contribution < -0.4 is 9.47 Å². The van der Waals surface area contributed by atoms with Gasteiger partial charge in [-0.25, -0.2) is 4.39 Å². The second-order valence-electron chi connectivity index (χ2n) is 9.29. The number of phenolic OH excluding ortho intramolecular Hbond substituents is 1. The number of likely N-dealkylation sites (tertiary alicyclic amines) is 1. The Balaban J connectivity index is 1.41. The summed E-state index contributed by atoms with van der Waals surface area (Å²) in [6.45, 7) is 8.08. The molecular formula is C29H29ClFNO3. The average Bonchev–Trinajstić information content (AvgIpc) is 2.83. The van der Waals surface area contributed by atoms with E-state index in [2.05, 4.69) is 11.8 Å². The van der Waals surface area contributed by atoms with Gasteiger partial charge in [-0.05, 0) is 72.5 Å². The Hall–Kier alpha value is -3.02. The second kappa shape index (κ2) is 9.92. The molecular weight excluding hydrogens is 465 g/mol. The summed E-state index contributed by atoms with van der Waals surface area (Å²) in [6, 6.07) is 17.2. The SMILES string of the molecule is CCC1CN(CCOc2ccc(C3Oc4ccc(O)cc4C(C)=C3c3cc(F)ccc3Cl)cc2)C1. The Kier molecular flexibility index (Phi) is 6.72. The summed E-state index contributed by atoms with van der Waals surface area (Å²) in [5.74, 6) is 2.05. The van der Waals surface area contributed by atoms with Crippen molar-refractivity contribution in [2.45, 2.75) is 26.4 Å². The third-order valence-electron chi connectivity index (χ3n) is 6.97. The lowest BCUT2D eigenvalue weighted by Crippen LogP contribution is -2.47. The number of halogens is 2. The van der Waals surface area contributed by atoms with E-state index >= 15 is 0 Å². The zero-order valence-electron chi connectivity index (χ0n) is 19.9. The molecule has 3 aromatic rings. The third-order valence-corrected chi connectivity index (χ3v) is 7.30. The van der Waals surface area contributed by atoms with Crippen LogP contribution >= 0.6 is 11.6 Å². The van der Waals surface area contributed by atoms with Crippen LogP contribution in [-0.4, -0.2) is 36.2 Å². The zero-order chi connectivity index (χ0) is 24.5. The molecule has 0 aromatic heterocycles. The van der Waals surface area contributed by atoms with Crippen molar-refractivity contribution in [2.24, 2.45) is 5.92 Å². The van der Waals surface area contributed by atoms with Gasteiger partial charge in [-0.1, -0.05) is 37.1 Å². The standard InChI is InChI=1S/C29H29ClFNO3/c1-3-19-16-32(17-19)12-13-34-23-8-4-20(5-9-23)29-28(25-14-21(31)6-10-26(25)30)18(2)24-15-22(33)7-11-27(24)35-29/h4-11,14-15,19,29,33H,3,12-13,16-17H2,1-2H3. The summed E-state index contributed by atoms with van der Waals surface area (Å²) < 4.78 is 26.6. The average molecular weight is 494 g/mol. The first-order chi connectivity index (χ1) is 16.9. The van der Waals surface area contributed by atoms with E-state index in [1.54, 1.807) is 24.3 Å². The minimum atomic E-state index is -0.493. The molecule has 1 N–H and O–H groups in total. The van der Waals surface area contributed by atoms with Crippen molar-refractivity contribution in [1.29, 1.82) is 0 Å². The van der Waals surface area contributed by atoms with Crippen LogP contribution in [0.3, 0.4) is 0 Å². The quantitative estimate of drug-likeness (QED) is 0.386. The van der Waals surface area contributed by atoms with Crippen molar-refractivity contribution in [3.63, 3.8) is 0 Å². The Morgan fingerprint density at radius 1 is 1.06 bits per heavy atom. The van der Waals surface area contributed by atoms with E-state index in [0.29, 0.717) is 22.9 Å². The number of allylic oxidation sites excluding steroid dienone is 1. The van der Waals surface area contributed by atoms with Crippen LogP contribution in [0.2, 0.25) is 5.02 Å². The minimum absolute atomic E-state index is 0.139. The van der Waals surface area contributed by atoms with Gasteiger partial charge < -0.3 is 14.6 Å². The Morgan fingerprint density at radius 3 is 2.57 bits per heavy atom. The van der Waals surface area contributed by atoms with E-state index in [1.165, 1.54) is 18.6 Å². The van der Waals surface area contributed by atoms with Gasteiger partial charge in [0.2, 0.25) is 0 Å². The molecule has 35 heavy (non-hydrogen) atoms. The van der Waals surface area contributed by atoms with Crippen LogP contribution in [0.25, 0.3) is 11.1 Å². The topological polar surface area (TPSA) is 41.9 Å². The fourth-order valence-corrected chi connectivity index (χ4v) is 5.09. The van der Waals surface area contributed by atoms with Crippen molar-refractivity contribution in [2.75, 3.05) is 26.2 Å². The molecule has 4 nitrogen and oxygen atoms in total. The van der Waals surface area contributed by atoms with Crippen LogP contribution in [0.5, 0.6) is 17.2 Å². The van der Waals surface area contributed by atoms with Crippen molar-refractivity contribution < 1.29 is 19.0 Å². The maximum atomic E-state index is 14.2. The van der Waals surface area contributed by atoms with Crippen molar-refractivity contribution in [3.05, 3.63) is 88.2 Å². The number of phenols is 1. The number of rotatable bonds is 7. The first-order valence-corrected chi connectivity index (χ1v) is 12.4. The molecule has 1 fully saturated rings. The Morgan fingerprint density at radius 2 is 1.83 bits per heavy atom. The van der Waals surface area contributed by atoms with Gasteiger partial charge in [0.1, 0.15) is 35.8 Å². The summed E-state index contributed by atoms with van der Waals surface area (Å²) in [5.41, 5.74) is 3.87. The van der Waals surface area contributed by atoms with Gasteiger partial charge in [0.05, 0.1) is 0 Å². The second-order valence-corrected chi connectivity index (χ2v) is 9.70. The molecule has 1 unspecified atom stereocenters. The van der Waals surface area contributed by atoms with Gasteiger partial charge in [0.25, 0.3) is 0 Å². The van der Waals surface area contributed by atoms with Gasteiger partial charge in [0.15, 0.2) is 0 Å². The maximum Gasteiger partial charge on any atom is 0.150 e. The largest absolute Gasteiger partial charge is 0.508 e. The number of ether oxygens (including phenoxy) is 2. The molecule has 0 spiro atoms. The number of nitrogens with zero attached hydrogens (tertiary/aromatic N) is 1. The minimum Gasteiger partial charge on any atom is -0.508 e. The molecule has 2 aliphatic rings. The van der Waals surface area contributed by atoms with Crippen molar-refractivity contribution >= 4 is 22.7 Å². The molecule has 0 bridgehead atoms. The fraction of sp³-hybridized carbons (Fsp3) is 0.310. The predicted octanol–water partition coefficient (Wildman–Crippen LogP) is 6.97. The molecule has 0 radical (unpaired) electrons. The molecule has 1 saturated heterocycles. The molecule has 0 saturated carbocycles. The highest BCUT2D eigenvalue weighted by Crippen LogP contribution is 2.48. The van der Waals surface area contributed by atoms with Crippen LogP contribution in [0.4, 0.5) is 4.39 Å². The highest BCUT2D eigenvalue weighted by molar-refractivity contribution is 6.32. The zero-order valence-corrected chi connectivity index (χ0v) is 20.7. The lowest BCUT2D eigenvalue weighted by molar-refractivity contribution is 0.0806. The molecule has 0 amide bonds. The van der Waals surface area contributed by atoms with E-state index in [4.69, 9.17) is 21.1 Å². The molecule has 2 aliphatic heterocycles. The molecule has 5 rings (SSSR count). The number of fused-ring (bicyclic) bond motifs is 1. The number of hydrogen-bond acceptors (Lipinski definition) is 4. The van der Waals surface area contributed by atoms with Gasteiger partial charge >= 0.3 is 0 Å². The van der Waals surface area contributed by atoms with E-state index in [1.807, 2.05) is 31.2 Å². The molecule has 2 heterocycles. The highest BCUT2D eigenvalue weighted by Gasteiger charge is 2.31. The van der Waals surface area contributed by atoms with Crippen LogP contribution in [-0.2, 0) is 0 Å². The normalized spacial score (nSPS) is 18.1. The third kappa shape index (κ3) is 4.89. The van der Waals surface area contributed by atoms with Crippen molar-refractivity contribution in [1.82, 2.24) is 4.90 Å². The fourth-order valence-electron chi connectivity index (χ4n) is 4.87.